The average molecular weight is 265 g/mol. The second kappa shape index (κ2) is 5.94. The summed E-state index contributed by atoms with van der Waals surface area (Å²) in [5.74, 6) is 0.684. The highest BCUT2D eigenvalue weighted by molar-refractivity contribution is 5.70. The summed E-state index contributed by atoms with van der Waals surface area (Å²) >= 11 is 0. The van der Waals surface area contributed by atoms with E-state index >= 15 is 0 Å². The van der Waals surface area contributed by atoms with Gasteiger partial charge in [-0.2, -0.15) is 5.26 Å². The fourth-order valence-electron chi connectivity index (χ4n) is 3.34. The average Bonchev–Trinajstić information content (AvgIpc) is 2.10. The zero-order valence-corrected chi connectivity index (χ0v) is 13.0. The van der Waals surface area contributed by atoms with Gasteiger partial charge < -0.3 is 4.74 Å². The third-order valence-corrected chi connectivity index (χ3v) is 3.60. The van der Waals surface area contributed by atoms with Crippen LogP contribution in [0, 0.1) is 28.6 Å². The Bertz CT molecular complexity index is 360. The Hall–Kier alpha value is -1.04. The second-order valence-corrected chi connectivity index (χ2v) is 7.69. The zero-order valence-electron chi connectivity index (χ0n) is 13.0. The molecule has 0 bridgehead atoms. The molecule has 3 nitrogen and oxygen atoms in total. The van der Waals surface area contributed by atoms with Crippen molar-refractivity contribution in [2.24, 2.45) is 17.3 Å². The molecule has 1 fully saturated rings. The fourth-order valence-corrected chi connectivity index (χ4v) is 3.34. The Morgan fingerprint density at radius 2 is 1.89 bits per heavy atom. The number of hydrogen-bond acceptors (Lipinski definition) is 3. The Labute approximate surface area is 117 Å². The van der Waals surface area contributed by atoms with Gasteiger partial charge in [-0.1, -0.05) is 13.8 Å². The van der Waals surface area contributed by atoms with Crippen molar-refractivity contribution < 1.29 is 9.53 Å². The van der Waals surface area contributed by atoms with Gasteiger partial charge >= 0.3 is 5.97 Å². The standard InChI is InChI=1S/C16H27NO2/c1-15(2,3)19-14(18)9-13-8-12(6-7-17)10-16(4,5)11-13/h12-13H,6,8-11H2,1-5H3/t12-,13-/m1/s1. The predicted octanol–water partition coefficient (Wildman–Crippen LogP) is 4.07. The van der Waals surface area contributed by atoms with Gasteiger partial charge in [0, 0.05) is 12.8 Å². The Kier molecular flexibility index (Phi) is 5.01. The Morgan fingerprint density at radius 1 is 1.32 bits per heavy atom. The lowest BCUT2D eigenvalue weighted by atomic mass is 9.66. The first kappa shape index (κ1) is 16.0. The van der Waals surface area contributed by atoms with Crippen LogP contribution >= 0.6 is 0 Å². The maximum atomic E-state index is 11.9. The van der Waals surface area contributed by atoms with Gasteiger partial charge in [0.1, 0.15) is 5.60 Å². The molecule has 0 spiro atoms. The van der Waals surface area contributed by atoms with E-state index in [1.807, 2.05) is 20.8 Å². The first-order chi connectivity index (χ1) is 8.61. The lowest BCUT2D eigenvalue weighted by molar-refractivity contribution is -0.156. The second-order valence-electron chi connectivity index (χ2n) is 7.69. The van der Waals surface area contributed by atoms with E-state index in [0.717, 1.165) is 19.3 Å². The van der Waals surface area contributed by atoms with Crippen LogP contribution in [0.15, 0.2) is 0 Å². The Balaban J connectivity index is 2.57. The summed E-state index contributed by atoms with van der Waals surface area (Å²) in [6.07, 6.45) is 4.21. The summed E-state index contributed by atoms with van der Waals surface area (Å²) in [6.45, 7) is 10.2. The molecule has 0 aliphatic heterocycles. The van der Waals surface area contributed by atoms with E-state index in [1.165, 1.54) is 0 Å². The molecule has 0 aromatic carbocycles. The highest BCUT2D eigenvalue weighted by atomic mass is 16.6. The van der Waals surface area contributed by atoms with Crippen molar-refractivity contribution in [1.82, 2.24) is 0 Å². The van der Waals surface area contributed by atoms with E-state index in [-0.39, 0.29) is 11.4 Å². The van der Waals surface area contributed by atoms with Crippen molar-refractivity contribution >= 4 is 5.97 Å². The minimum Gasteiger partial charge on any atom is -0.460 e. The molecule has 0 aromatic heterocycles. The molecule has 1 aliphatic rings. The summed E-state index contributed by atoms with van der Waals surface area (Å²) < 4.78 is 5.40. The van der Waals surface area contributed by atoms with Crippen LogP contribution in [0.1, 0.15) is 66.7 Å². The molecular weight excluding hydrogens is 238 g/mol. The molecule has 0 N–H and O–H groups in total. The first-order valence-electron chi connectivity index (χ1n) is 7.20. The Morgan fingerprint density at radius 3 is 2.42 bits per heavy atom. The van der Waals surface area contributed by atoms with Crippen LogP contribution in [0.3, 0.4) is 0 Å². The SMILES string of the molecule is CC1(C)C[C@H](CC#N)C[C@H](CC(=O)OC(C)(C)C)C1. The molecule has 1 saturated carbocycles. The topological polar surface area (TPSA) is 50.1 Å². The summed E-state index contributed by atoms with van der Waals surface area (Å²) in [7, 11) is 0. The minimum absolute atomic E-state index is 0.106. The molecule has 0 saturated heterocycles. The number of nitrogens with zero attached hydrogens (tertiary/aromatic N) is 1. The van der Waals surface area contributed by atoms with Crippen molar-refractivity contribution in [3.8, 4) is 6.07 Å². The minimum atomic E-state index is -0.409. The van der Waals surface area contributed by atoms with Gasteiger partial charge in [0.05, 0.1) is 6.07 Å². The number of carbonyl (C=O) groups is 1. The fraction of sp³-hybridized carbons (Fsp3) is 0.875. The van der Waals surface area contributed by atoms with Crippen molar-refractivity contribution in [2.45, 2.75) is 72.3 Å². The van der Waals surface area contributed by atoms with Crippen molar-refractivity contribution in [1.29, 1.82) is 5.26 Å². The van der Waals surface area contributed by atoms with Crippen LogP contribution < -0.4 is 0 Å². The summed E-state index contributed by atoms with van der Waals surface area (Å²) in [5, 5.41) is 8.87. The molecule has 3 heteroatoms. The van der Waals surface area contributed by atoms with Crippen LogP contribution in [0.25, 0.3) is 0 Å². The number of esters is 1. The first-order valence-corrected chi connectivity index (χ1v) is 7.20. The van der Waals surface area contributed by atoms with Gasteiger partial charge in [-0.15, -0.1) is 0 Å². The van der Waals surface area contributed by atoms with E-state index in [0.29, 0.717) is 24.7 Å². The number of nitriles is 1. The van der Waals surface area contributed by atoms with Gasteiger partial charge in [-0.25, -0.2) is 0 Å². The number of hydrogen-bond donors (Lipinski definition) is 0. The quantitative estimate of drug-likeness (QED) is 0.723. The predicted molar refractivity (Wildman–Crippen MR) is 75.3 cm³/mol. The third kappa shape index (κ3) is 6.09. The van der Waals surface area contributed by atoms with Crippen molar-refractivity contribution in [3.63, 3.8) is 0 Å². The van der Waals surface area contributed by atoms with Gasteiger partial charge in [0.15, 0.2) is 0 Å². The molecule has 2 atom stereocenters. The molecular formula is C16H27NO2. The van der Waals surface area contributed by atoms with Gasteiger partial charge in [0.25, 0.3) is 0 Å². The largest absolute Gasteiger partial charge is 0.460 e. The van der Waals surface area contributed by atoms with Crippen LogP contribution in [0.4, 0.5) is 0 Å². The van der Waals surface area contributed by atoms with Gasteiger partial charge in [-0.3, -0.25) is 4.79 Å². The third-order valence-electron chi connectivity index (χ3n) is 3.60. The van der Waals surface area contributed by atoms with Crippen molar-refractivity contribution in [3.05, 3.63) is 0 Å². The zero-order chi connectivity index (χ0) is 14.7. The van der Waals surface area contributed by atoms with E-state index < -0.39 is 5.60 Å². The van der Waals surface area contributed by atoms with Crippen LogP contribution in [0.2, 0.25) is 0 Å². The molecule has 0 amide bonds. The number of carbonyl (C=O) groups excluding carboxylic acids is 1. The maximum absolute atomic E-state index is 11.9. The van der Waals surface area contributed by atoms with E-state index in [2.05, 4.69) is 19.9 Å². The lowest BCUT2D eigenvalue weighted by Crippen LogP contribution is -2.32. The molecule has 108 valence electrons. The normalized spacial score (nSPS) is 26.5. The maximum Gasteiger partial charge on any atom is 0.306 e. The van der Waals surface area contributed by atoms with Crippen molar-refractivity contribution in [2.75, 3.05) is 0 Å². The monoisotopic (exact) mass is 265 g/mol. The molecule has 0 heterocycles. The van der Waals surface area contributed by atoms with Gasteiger partial charge in [0.2, 0.25) is 0 Å². The summed E-state index contributed by atoms with van der Waals surface area (Å²) in [6, 6.07) is 2.27. The highest BCUT2D eigenvalue weighted by Crippen LogP contribution is 2.44. The van der Waals surface area contributed by atoms with E-state index in [1.54, 1.807) is 0 Å². The lowest BCUT2D eigenvalue weighted by Gasteiger charge is -2.39. The number of ether oxygens (including phenoxy) is 1. The van der Waals surface area contributed by atoms with Crippen LogP contribution in [0.5, 0.6) is 0 Å². The number of rotatable bonds is 3. The molecule has 0 unspecified atom stereocenters. The summed E-state index contributed by atoms with van der Waals surface area (Å²) in [4.78, 5) is 11.9. The van der Waals surface area contributed by atoms with Crippen LogP contribution in [-0.2, 0) is 9.53 Å². The van der Waals surface area contributed by atoms with Gasteiger partial charge in [-0.05, 0) is 57.3 Å². The molecule has 19 heavy (non-hydrogen) atoms. The molecule has 1 rings (SSSR count). The van der Waals surface area contributed by atoms with E-state index in [9.17, 15) is 4.79 Å². The van der Waals surface area contributed by atoms with E-state index in [4.69, 9.17) is 10.00 Å². The molecule has 0 radical (unpaired) electrons. The molecule has 1 aliphatic carbocycles. The molecule has 0 aromatic rings. The highest BCUT2D eigenvalue weighted by Gasteiger charge is 2.35. The van der Waals surface area contributed by atoms with Crippen LogP contribution in [-0.4, -0.2) is 11.6 Å². The smallest absolute Gasteiger partial charge is 0.306 e. The summed E-state index contributed by atoms with van der Waals surface area (Å²) in [5.41, 5.74) is -0.181.